The van der Waals surface area contributed by atoms with Crippen LogP contribution in [0.25, 0.3) is 0 Å². The average molecular weight is 243 g/mol. The molecule has 0 aliphatic heterocycles. The molecular formula is C11H19ClN4. The van der Waals surface area contributed by atoms with Crippen molar-refractivity contribution in [3.63, 3.8) is 0 Å². The second-order valence-electron chi connectivity index (χ2n) is 4.21. The summed E-state index contributed by atoms with van der Waals surface area (Å²) in [6, 6.07) is 0. The maximum atomic E-state index is 6.00. The van der Waals surface area contributed by atoms with Gasteiger partial charge in [0.05, 0.1) is 6.20 Å². The third kappa shape index (κ3) is 4.33. The molecule has 0 unspecified atom stereocenters. The zero-order valence-electron chi connectivity index (χ0n) is 10.1. The molecule has 0 aliphatic carbocycles. The second kappa shape index (κ2) is 6.66. The van der Waals surface area contributed by atoms with Gasteiger partial charge in [-0.1, -0.05) is 25.4 Å². The van der Waals surface area contributed by atoms with Crippen molar-refractivity contribution in [3.8, 4) is 0 Å². The van der Waals surface area contributed by atoms with E-state index < -0.39 is 0 Å². The minimum absolute atomic E-state index is 0.592. The van der Waals surface area contributed by atoms with Crippen molar-refractivity contribution in [1.82, 2.24) is 15.3 Å². The first-order valence-corrected chi connectivity index (χ1v) is 5.86. The number of anilines is 1. The molecule has 90 valence electrons. The van der Waals surface area contributed by atoms with Crippen LogP contribution in [0.1, 0.15) is 13.8 Å². The summed E-state index contributed by atoms with van der Waals surface area (Å²) >= 11 is 6.00. The number of nitrogens with one attached hydrogen (secondary N) is 1. The van der Waals surface area contributed by atoms with Crippen molar-refractivity contribution >= 4 is 17.4 Å². The Morgan fingerprint density at radius 1 is 1.50 bits per heavy atom. The molecule has 1 aromatic heterocycles. The molecule has 0 aliphatic rings. The van der Waals surface area contributed by atoms with E-state index in [4.69, 9.17) is 11.6 Å². The standard InChI is InChI=1S/C11H19ClN4/c1-9(2)6-13-4-5-16(3)11-10(12)7-14-8-15-11/h7-9,13H,4-6H2,1-3H3. The number of halogens is 1. The third-order valence-electron chi connectivity index (χ3n) is 2.19. The van der Waals surface area contributed by atoms with Crippen LogP contribution in [-0.4, -0.2) is 36.6 Å². The van der Waals surface area contributed by atoms with E-state index in [1.54, 1.807) is 6.20 Å². The molecule has 4 nitrogen and oxygen atoms in total. The molecule has 16 heavy (non-hydrogen) atoms. The van der Waals surface area contributed by atoms with E-state index >= 15 is 0 Å². The molecule has 1 rings (SSSR count). The lowest BCUT2D eigenvalue weighted by Crippen LogP contribution is -2.31. The highest BCUT2D eigenvalue weighted by Crippen LogP contribution is 2.19. The van der Waals surface area contributed by atoms with E-state index in [9.17, 15) is 0 Å². The molecule has 1 aromatic rings. The highest BCUT2D eigenvalue weighted by Gasteiger charge is 2.06. The van der Waals surface area contributed by atoms with Crippen LogP contribution in [0.15, 0.2) is 12.5 Å². The first-order valence-electron chi connectivity index (χ1n) is 5.48. The van der Waals surface area contributed by atoms with Gasteiger partial charge in [-0.25, -0.2) is 9.97 Å². The molecule has 0 saturated carbocycles. The minimum atomic E-state index is 0.592. The van der Waals surface area contributed by atoms with Crippen LogP contribution in [-0.2, 0) is 0 Å². The van der Waals surface area contributed by atoms with Crippen LogP contribution in [0.4, 0.5) is 5.82 Å². The van der Waals surface area contributed by atoms with Crippen molar-refractivity contribution < 1.29 is 0 Å². The Kier molecular flexibility index (Phi) is 5.49. The van der Waals surface area contributed by atoms with Gasteiger partial charge in [0.15, 0.2) is 5.82 Å². The third-order valence-corrected chi connectivity index (χ3v) is 2.45. The maximum Gasteiger partial charge on any atom is 0.150 e. The topological polar surface area (TPSA) is 41.0 Å². The summed E-state index contributed by atoms with van der Waals surface area (Å²) in [5.41, 5.74) is 0. The fourth-order valence-corrected chi connectivity index (χ4v) is 1.58. The lowest BCUT2D eigenvalue weighted by Gasteiger charge is -2.19. The van der Waals surface area contributed by atoms with Gasteiger partial charge < -0.3 is 10.2 Å². The van der Waals surface area contributed by atoms with Gasteiger partial charge in [-0.2, -0.15) is 0 Å². The average Bonchev–Trinajstić information content (AvgIpc) is 2.24. The van der Waals surface area contributed by atoms with Crippen molar-refractivity contribution in [1.29, 1.82) is 0 Å². The van der Waals surface area contributed by atoms with Crippen LogP contribution in [0.5, 0.6) is 0 Å². The number of likely N-dealkylation sites (N-methyl/N-ethyl adjacent to an activating group) is 1. The quantitative estimate of drug-likeness (QED) is 0.773. The van der Waals surface area contributed by atoms with Crippen molar-refractivity contribution in [2.45, 2.75) is 13.8 Å². The number of hydrogen-bond acceptors (Lipinski definition) is 4. The van der Waals surface area contributed by atoms with E-state index in [1.807, 2.05) is 11.9 Å². The van der Waals surface area contributed by atoms with E-state index in [0.29, 0.717) is 10.9 Å². The van der Waals surface area contributed by atoms with Gasteiger partial charge in [-0.15, -0.1) is 0 Å². The van der Waals surface area contributed by atoms with Crippen LogP contribution >= 0.6 is 11.6 Å². The Labute approximate surface area is 102 Å². The highest BCUT2D eigenvalue weighted by atomic mass is 35.5. The molecule has 0 saturated heterocycles. The lowest BCUT2D eigenvalue weighted by molar-refractivity contribution is 0.554. The molecule has 1 heterocycles. The minimum Gasteiger partial charge on any atom is -0.357 e. The molecule has 0 atom stereocenters. The van der Waals surface area contributed by atoms with Gasteiger partial charge in [0.25, 0.3) is 0 Å². The summed E-state index contributed by atoms with van der Waals surface area (Å²) in [6.45, 7) is 7.22. The van der Waals surface area contributed by atoms with Gasteiger partial charge in [0, 0.05) is 20.1 Å². The fourth-order valence-electron chi connectivity index (χ4n) is 1.33. The lowest BCUT2D eigenvalue weighted by atomic mass is 10.2. The maximum absolute atomic E-state index is 6.00. The monoisotopic (exact) mass is 242 g/mol. The zero-order chi connectivity index (χ0) is 12.0. The molecule has 0 amide bonds. The molecule has 5 heteroatoms. The van der Waals surface area contributed by atoms with E-state index in [2.05, 4.69) is 29.1 Å². The Morgan fingerprint density at radius 3 is 2.88 bits per heavy atom. The zero-order valence-corrected chi connectivity index (χ0v) is 10.8. The Morgan fingerprint density at radius 2 is 2.25 bits per heavy atom. The summed E-state index contributed by atoms with van der Waals surface area (Å²) < 4.78 is 0. The van der Waals surface area contributed by atoms with Gasteiger partial charge in [-0.05, 0) is 12.5 Å². The molecule has 0 radical (unpaired) electrons. The van der Waals surface area contributed by atoms with Crippen molar-refractivity contribution in [2.24, 2.45) is 5.92 Å². The van der Waals surface area contributed by atoms with E-state index in [1.165, 1.54) is 6.33 Å². The molecule has 0 fully saturated rings. The summed E-state index contributed by atoms with van der Waals surface area (Å²) in [4.78, 5) is 10.0. The van der Waals surface area contributed by atoms with Crippen LogP contribution in [0, 0.1) is 5.92 Å². The van der Waals surface area contributed by atoms with Crippen molar-refractivity contribution in [3.05, 3.63) is 17.5 Å². The smallest absolute Gasteiger partial charge is 0.150 e. The number of hydrogen-bond donors (Lipinski definition) is 1. The van der Waals surface area contributed by atoms with E-state index in [-0.39, 0.29) is 0 Å². The largest absolute Gasteiger partial charge is 0.357 e. The fraction of sp³-hybridized carbons (Fsp3) is 0.636. The summed E-state index contributed by atoms with van der Waals surface area (Å²) in [7, 11) is 1.98. The second-order valence-corrected chi connectivity index (χ2v) is 4.62. The molecule has 0 aromatic carbocycles. The van der Waals surface area contributed by atoms with Crippen LogP contribution in [0.2, 0.25) is 5.02 Å². The van der Waals surface area contributed by atoms with Gasteiger partial charge in [0.2, 0.25) is 0 Å². The number of rotatable bonds is 6. The number of aromatic nitrogens is 2. The Hall–Kier alpha value is -0.870. The van der Waals surface area contributed by atoms with E-state index in [0.717, 1.165) is 25.5 Å². The molecule has 0 bridgehead atoms. The predicted molar refractivity (Wildman–Crippen MR) is 68.0 cm³/mol. The Bertz CT molecular complexity index is 317. The summed E-state index contributed by atoms with van der Waals surface area (Å²) in [5.74, 6) is 1.45. The van der Waals surface area contributed by atoms with Gasteiger partial charge in [0.1, 0.15) is 11.3 Å². The summed E-state index contributed by atoms with van der Waals surface area (Å²) in [6.07, 6.45) is 3.13. The van der Waals surface area contributed by atoms with Gasteiger partial charge in [-0.3, -0.25) is 0 Å². The SMILES string of the molecule is CC(C)CNCCN(C)c1ncncc1Cl. The normalized spacial score (nSPS) is 10.8. The first kappa shape index (κ1) is 13.2. The number of nitrogens with zero attached hydrogens (tertiary/aromatic N) is 3. The summed E-state index contributed by atoms with van der Waals surface area (Å²) in [5, 5.41) is 3.97. The molecular weight excluding hydrogens is 224 g/mol. The Balaban J connectivity index is 2.35. The molecule has 1 N–H and O–H groups in total. The van der Waals surface area contributed by atoms with Crippen molar-refractivity contribution in [2.75, 3.05) is 31.6 Å². The predicted octanol–water partition coefficient (Wildman–Crippen LogP) is 1.81. The van der Waals surface area contributed by atoms with Crippen LogP contribution < -0.4 is 10.2 Å². The van der Waals surface area contributed by atoms with Crippen LogP contribution in [0.3, 0.4) is 0 Å². The molecule has 0 spiro atoms. The van der Waals surface area contributed by atoms with Gasteiger partial charge >= 0.3 is 0 Å². The first-order chi connectivity index (χ1) is 7.61. The highest BCUT2D eigenvalue weighted by molar-refractivity contribution is 6.32.